The van der Waals surface area contributed by atoms with Crippen molar-refractivity contribution in [3.8, 4) is 0 Å². The quantitative estimate of drug-likeness (QED) is 0.728. The highest BCUT2D eigenvalue weighted by Crippen LogP contribution is 2.67. The van der Waals surface area contributed by atoms with Crippen molar-refractivity contribution in [1.29, 1.82) is 0 Å². The molecule has 3 fully saturated rings. The molecule has 4 atom stereocenters. The monoisotopic (exact) mass is 268 g/mol. The Kier molecular flexibility index (Phi) is 2.19. The number of halogens is 2. The van der Waals surface area contributed by atoms with E-state index in [9.17, 15) is 5.11 Å². The van der Waals surface area contributed by atoms with Crippen LogP contribution in [-0.2, 0) is 14.2 Å². The van der Waals surface area contributed by atoms with Crippen molar-refractivity contribution in [2.45, 2.75) is 35.9 Å². The molecule has 16 heavy (non-hydrogen) atoms. The second kappa shape index (κ2) is 3.05. The summed E-state index contributed by atoms with van der Waals surface area (Å²) < 4.78 is 16.2. The average Bonchev–Trinajstić information content (AvgIpc) is 2.60. The molecule has 1 saturated carbocycles. The Bertz CT molecular complexity index is 333. The van der Waals surface area contributed by atoms with Crippen molar-refractivity contribution in [2.24, 2.45) is 11.8 Å². The molecule has 0 aromatic carbocycles. The number of fused-ring (bicyclic) bond motifs is 3. The van der Waals surface area contributed by atoms with Crippen LogP contribution in [0.5, 0.6) is 0 Å². The van der Waals surface area contributed by atoms with Crippen molar-refractivity contribution in [1.82, 2.24) is 0 Å². The van der Waals surface area contributed by atoms with Crippen molar-refractivity contribution in [3.63, 3.8) is 0 Å². The molecular weight excluding hydrogens is 255 g/mol. The van der Waals surface area contributed by atoms with Gasteiger partial charge in [-0.25, -0.2) is 0 Å². The molecule has 0 unspecified atom stereocenters. The van der Waals surface area contributed by atoms with Gasteiger partial charge in [-0.05, 0) is 13.8 Å². The summed E-state index contributed by atoms with van der Waals surface area (Å²) >= 11 is 12.3. The van der Waals surface area contributed by atoms with Gasteiger partial charge in [0.1, 0.15) is 17.0 Å². The molecule has 1 aliphatic carbocycles. The van der Waals surface area contributed by atoms with Gasteiger partial charge in [0.15, 0.2) is 5.79 Å². The van der Waals surface area contributed by atoms with Crippen molar-refractivity contribution in [3.05, 3.63) is 0 Å². The number of aliphatic hydroxyl groups excluding tert-OH is 1. The lowest BCUT2D eigenvalue weighted by Gasteiger charge is -2.33. The lowest BCUT2D eigenvalue weighted by atomic mass is 10.0. The standard InChI is InChI=1S/C10H14Cl2O4/c1-8(2)15-7-6-5(10(6,11)12)3-14-9(7,4-13)16-8/h5-7,13H,3-4H2,1-2H3/t5-,6-,7+,9+/m1/s1. The third kappa shape index (κ3) is 1.32. The van der Waals surface area contributed by atoms with Crippen molar-refractivity contribution in [2.75, 3.05) is 13.2 Å². The van der Waals surface area contributed by atoms with Gasteiger partial charge in [-0.2, -0.15) is 0 Å². The summed E-state index contributed by atoms with van der Waals surface area (Å²) in [5, 5.41) is 9.47. The molecule has 3 aliphatic rings. The normalized spacial score (nSPS) is 51.9. The van der Waals surface area contributed by atoms with Crippen LogP contribution in [0.15, 0.2) is 0 Å². The Hall–Kier alpha value is 0.420. The van der Waals surface area contributed by atoms with Crippen LogP contribution in [0.2, 0.25) is 0 Å². The maximum atomic E-state index is 9.47. The van der Waals surface area contributed by atoms with E-state index in [1.54, 1.807) is 13.8 Å². The number of aliphatic hydroxyl groups is 1. The van der Waals surface area contributed by atoms with Crippen LogP contribution in [0.3, 0.4) is 0 Å². The van der Waals surface area contributed by atoms with Crippen LogP contribution in [0.1, 0.15) is 13.8 Å². The summed E-state index contributed by atoms with van der Waals surface area (Å²) in [6, 6.07) is 0. The Morgan fingerprint density at radius 1 is 1.38 bits per heavy atom. The van der Waals surface area contributed by atoms with E-state index in [0.717, 1.165) is 0 Å². The van der Waals surface area contributed by atoms with Gasteiger partial charge in [0.25, 0.3) is 0 Å². The molecule has 0 aromatic heterocycles. The highest BCUT2D eigenvalue weighted by Gasteiger charge is 2.76. The van der Waals surface area contributed by atoms with Gasteiger partial charge in [-0.15, -0.1) is 23.2 Å². The smallest absolute Gasteiger partial charge is 0.221 e. The predicted molar refractivity (Wildman–Crippen MR) is 57.2 cm³/mol. The van der Waals surface area contributed by atoms with E-state index in [1.165, 1.54) is 0 Å². The van der Waals surface area contributed by atoms with E-state index in [-0.39, 0.29) is 18.4 Å². The lowest BCUT2D eigenvalue weighted by molar-refractivity contribution is -0.279. The molecule has 92 valence electrons. The van der Waals surface area contributed by atoms with Gasteiger partial charge >= 0.3 is 0 Å². The third-order valence-electron chi connectivity index (χ3n) is 3.58. The fraction of sp³-hybridized carbons (Fsp3) is 1.00. The Labute approximate surface area is 104 Å². The fourth-order valence-electron chi connectivity index (χ4n) is 2.79. The molecular formula is C10H14Cl2O4. The molecule has 1 N–H and O–H groups in total. The molecule has 2 heterocycles. The van der Waals surface area contributed by atoms with E-state index in [2.05, 4.69) is 0 Å². The SMILES string of the molecule is CC1(C)O[C@H]2[C@H]3[C@@H](CO[C@@]2(CO)O1)C3(Cl)Cl. The van der Waals surface area contributed by atoms with Crippen LogP contribution in [0.25, 0.3) is 0 Å². The summed E-state index contributed by atoms with van der Waals surface area (Å²) in [6.45, 7) is 3.71. The van der Waals surface area contributed by atoms with Gasteiger partial charge in [-0.1, -0.05) is 0 Å². The highest BCUT2D eigenvalue weighted by molar-refractivity contribution is 6.51. The lowest BCUT2D eigenvalue weighted by Crippen LogP contribution is -2.51. The zero-order valence-electron chi connectivity index (χ0n) is 9.07. The van der Waals surface area contributed by atoms with Gasteiger partial charge in [0.05, 0.1) is 6.61 Å². The maximum Gasteiger partial charge on any atom is 0.221 e. The van der Waals surface area contributed by atoms with Gasteiger partial charge < -0.3 is 19.3 Å². The first-order chi connectivity index (χ1) is 7.32. The minimum absolute atomic E-state index is 0.0292. The number of hydrogen-bond acceptors (Lipinski definition) is 4. The van der Waals surface area contributed by atoms with Crippen LogP contribution in [0.4, 0.5) is 0 Å². The van der Waals surface area contributed by atoms with E-state index >= 15 is 0 Å². The van der Waals surface area contributed by atoms with Crippen LogP contribution >= 0.6 is 23.2 Å². The first-order valence-electron chi connectivity index (χ1n) is 5.33. The van der Waals surface area contributed by atoms with E-state index in [0.29, 0.717) is 6.61 Å². The Balaban J connectivity index is 1.93. The molecule has 0 aromatic rings. The number of hydrogen-bond donors (Lipinski definition) is 1. The molecule has 0 bridgehead atoms. The molecule has 2 aliphatic heterocycles. The van der Waals surface area contributed by atoms with Gasteiger partial charge in [-0.3, -0.25) is 0 Å². The van der Waals surface area contributed by atoms with Crippen LogP contribution < -0.4 is 0 Å². The third-order valence-corrected chi connectivity index (χ3v) is 4.64. The summed E-state index contributed by atoms with van der Waals surface area (Å²) in [5.41, 5.74) is 0. The first kappa shape index (κ1) is 11.5. The second-order valence-electron chi connectivity index (χ2n) is 5.13. The zero-order valence-corrected chi connectivity index (χ0v) is 10.6. The summed E-state index contributed by atoms with van der Waals surface area (Å²) in [5.74, 6) is -1.85. The van der Waals surface area contributed by atoms with Crippen molar-refractivity contribution < 1.29 is 19.3 Å². The molecule has 0 radical (unpaired) electrons. The van der Waals surface area contributed by atoms with E-state index in [4.69, 9.17) is 37.4 Å². The van der Waals surface area contributed by atoms with Crippen molar-refractivity contribution >= 4 is 23.2 Å². The summed E-state index contributed by atoms with van der Waals surface area (Å²) in [6.07, 6.45) is -0.402. The Morgan fingerprint density at radius 3 is 2.69 bits per heavy atom. The largest absolute Gasteiger partial charge is 0.391 e. The predicted octanol–water partition coefficient (Wildman–Crippen LogP) is 1.28. The van der Waals surface area contributed by atoms with Crippen LogP contribution in [0, 0.1) is 11.8 Å². The first-order valence-corrected chi connectivity index (χ1v) is 6.09. The average molecular weight is 269 g/mol. The Morgan fingerprint density at radius 2 is 2.06 bits per heavy atom. The molecule has 0 amide bonds. The molecule has 0 spiro atoms. The second-order valence-corrected chi connectivity index (χ2v) is 6.57. The summed E-state index contributed by atoms with van der Waals surface area (Å²) in [7, 11) is 0. The van der Waals surface area contributed by atoms with E-state index in [1.807, 2.05) is 0 Å². The van der Waals surface area contributed by atoms with Gasteiger partial charge in [0, 0.05) is 11.8 Å². The van der Waals surface area contributed by atoms with E-state index < -0.39 is 22.0 Å². The molecule has 6 heteroatoms. The molecule has 3 rings (SSSR count). The minimum atomic E-state index is -1.10. The fourth-order valence-corrected chi connectivity index (χ4v) is 3.60. The van der Waals surface area contributed by atoms with Crippen LogP contribution in [-0.4, -0.2) is 40.3 Å². The zero-order chi connectivity index (χ0) is 11.8. The topological polar surface area (TPSA) is 47.9 Å². The molecule has 4 nitrogen and oxygen atoms in total. The number of rotatable bonds is 1. The number of ether oxygens (including phenoxy) is 3. The number of alkyl halides is 2. The summed E-state index contributed by atoms with van der Waals surface area (Å²) in [4.78, 5) is 0. The van der Waals surface area contributed by atoms with Gasteiger partial charge in [0.2, 0.25) is 5.79 Å². The minimum Gasteiger partial charge on any atom is -0.391 e. The highest BCUT2D eigenvalue weighted by atomic mass is 35.5. The molecule has 2 saturated heterocycles. The maximum absolute atomic E-state index is 9.47.